The van der Waals surface area contributed by atoms with Crippen LogP contribution in [0, 0.1) is 0 Å². The van der Waals surface area contributed by atoms with E-state index in [-0.39, 0.29) is 17.5 Å². The van der Waals surface area contributed by atoms with Crippen LogP contribution in [-0.4, -0.2) is 56.4 Å². The van der Waals surface area contributed by atoms with E-state index in [4.69, 9.17) is 4.74 Å². The first-order valence-corrected chi connectivity index (χ1v) is 8.77. The predicted molar refractivity (Wildman–Crippen MR) is 97.7 cm³/mol. The van der Waals surface area contributed by atoms with Crippen LogP contribution in [0.15, 0.2) is 35.1 Å². The standard InChI is InChI=1S/C18H20N6O3/c1-27-13-6-2-4-11(8-13)14-9-15(21-20-14)17(25)24-7-3-5-12(10-24)16-19-18(26)23-22-16/h2,4,6,8-9,12H,3,5,7,10H2,1H3,(H,20,21)(H2,19,22,23,26). The van der Waals surface area contributed by atoms with Crippen LogP contribution in [0.5, 0.6) is 5.75 Å². The summed E-state index contributed by atoms with van der Waals surface area (Å²) in [5.41, 5.74) is 1.66. The summed E-state index contributed by atoms with van der Waals surface area (Å²) in [6.07, 6.45) is 1.73. The zero-order chi connectivity index (χ0) is 18.8. The number of piperidine rings is 1. The number of benzene rings is 1. The van der Waals surface area contributed by atoms with Crippen molar-refractivity contribution in [3.05, 3.63) is 52.3 Å². The van der Waals surface area contributed by atoms with Gasteiger partial charge in [-0.1, -0.05) is 12.1 Å². The molecular formula is C18H20N6O3. The molecule has 9 heteroatoms. The molecule has 3 heterocycles. The Morgan fingerprint density at radius 1 is 1.26 bits per heavy atom. The highest BCUT2D eigenvalue weighted by molar-refractivity contribution is 5.93. The molecule has 1 unspecified atom stereocenters. The third kappa shape index (κ3) is 3.48. The van der Waals surface area contributed by atoms with Gasteiger partial charge in [-0.2, -0.15) is 10.2 Å². The summed E-state index contributed by atoms with van der Waals surface area (Å²) < 4.78 is 5.23. The average Bonchev–Trinajstić information content (AvgIpc) is 3.37. The zero-order valence-corrected chi connectivity index (χ0v) is 14.9. The Kier molecular flexibility index (Phi) is 4.49. The molecule has 27 heavy (non-hydrogen) atoms. The Hall–Kier alpha value is -3.36. The van der Waals surface area contributed by atoms with Gasteiger partial charge in [0, 0.05) is 24.6 Å². The van der Waals surface area contributed by atoms with E-state index in [1.165, 1.54) is 0 Å². The van der Waals surface area contributed by atoms with Crippen LogP contribution < -0.4 is 10.4 Å². The van der Waals surface area contributed by atoms with Crippen LogP contribution in [0.3, 0.4) is 0 Å². The van der Waals surface area contributed by atoms with Gasteiger partial charge < -0.3 is 9.64 Å². The minimum atomic E-state index is -0.329. The molecule has 3 aromatic rings. The van der Waals surface area contributed by atoms with E-state index in [0.29, 0.717) is 30.3 Å². The lowest BCUT2D eigenvalue weighted by atomic mass is 9.97. The van der Waals surface area contributed by atoms with Crippen LogP contribution in [0.1, 0.15) is 35.1 Å². The summed E-state index contributed by atoms with van der Waals surface area (Å²) in [5.74, 6) is 1.23. The van der Waals surface area contributed by atoms with E-state index in [1.807, 2.05) is 24.3 Å². The van der Waals surface area contributed by atoms with Crippen LogP contribution in [0.25, 0.3) is 11.3 Å². The highest BCUT2D eigenvalue weighted by Crippen LogP contribution is 2.26. The third-order valence-corrected chi connectivity index (χ3v) is 4.79. The number of rotatable bonds is 4. The third-order valence-electron chi connectivity index (χ3n) is 4.79. The molecule has 0 saturated carbocycles. The van der Waals surface area contributed by atoms with Crippen molar-refractivity contribution >= 4 is 5.91 Å². The van der Waals surface area contributed by atoms with Gasteiger partial charge in [-0.3, -0.25) is 14.9 Å². The van der Waals surface area contributed by atoms with E-state index >= 15 is 0 Å². The van der Waals surface area contributed by atoms with Crippen LogP contribution in [0.2, 0.25) is 0 Å². The van der Waals surface area contributed by atoms with Gasteiger partial charge in [0.25, 0.3) is 5.91 Å². The minimum Gasteiger partial charge on any atom is -0.497 e. The summed E-state index contributed by atoms with van der Waals surface area (Å²) >= 11 is 0. The zero-order valence-electron chi connectivity index (χ0n) is 14.9. The highest BCUT2D eigenvalue weighted by atomic mass is 16.5. The van der Waals surface area contributed by atoms with E-state index in [0.717, 1.165) is 24.2 Å². The number of hydrogen-bond donors (Lipinski definition) is 3. The summed E-state index contributed by atoms with van der Waals surface area (Å²) in [5, 5.41) is 13.5. The molecule has 3 N–H and O–H groups in total. The van der Waals surface area contributed by atoms with Gasteiger partial charge in [0.15, 0.2) is 0 Å². The molecule has 1 atom stereocenters. The molecule has 0 spiro atoms. The Morgan fingerprint density at radius 2 is 2.15 bits per heavy atom. The first-order valence-electron chi connectivity index (χ1n) is 8.77. The fraction of sp³-hybridized carbons (Fsp3) is 0.333. The molecule has 1 aromatic carbocycles. The molecule has 0 radical (unpaired) electrons. The van der Waals surface area contributed by atoms with E-state index < -0.39 is 0 Å². The topological polar surface area (TPSA) is 120 Å². The largest absolute Gasteiger partial charge is 0.497 e. The number of methoxy groups -OCH3 is 1. The van der Waals surface area contributed by atoms with E-state index in [2.05, 4.69) is 25.4 Å². The van der Waals surface area contributed by atoms with Crippen LogP contribution >= 0.6 is 0 Å². The van der Waals surface area contributed by atoms with Crippen molar-refractivity contribution < 1.29 is 9.53 Å². The number of aromatic nitrogens is 5. The molecule has 1 aliphatic rings. The Balaban J connectivity index is 1.51. The molecule has 9 nitrogen and oxygen atoms in total. The summed E-state index contributed by atoms with van der Waals surface area (Å²) in [6.45, 7) is 1.17. The maximum atomic E-state index is 12.9. The van der Waals surface area contributed by atoms with Crippen LogP contribution in [0.4, 0.5) is 0 Å². The first kappa shape index (κ1) is 17.1. The van der Waals surface area contributed by atoms with Crippen LogP contribution in [-0.2, 0) is 0 Å². The smallest absolute Gasteiger partial charge is 0.340 e. The van der Waals surface area contributed by atoms with Crippen molar-refractivity contribution in [1.82, 2.24) is 30.3 Å². The number of carbonyl (C=O) groups excluding carboxylic acids is 1. The summed E-state index contributed by atoms with van der Waals surface area (Å²) in [4.78, 5) is 28.6. The molecule has 1 amide bonds. The number of nitrogens with zero attached hydrogens (tertiary/aromatic N) is 3. The second-order valence-electron chi connectivity index (χ2n) is 6.55. The number of amides is 1. The SMILES string of the molecule is COc1cccc(-c2cc(C(=O)N3CCCC(c4n[nH]c(=O)[nH]4)C3)[nH]n2)c1. The fourth-order valence-corrected chi connectivity index (χ4v) is 3.39. The molecular weight excluding hydrogens is 348 g/mol. The summed E-state index contributed by atoms with van der Waals surface area (Å²) in [7, 11) is 1.61. The molecule has 4 rings (SSSR count). The number of aromatic amines is 3. The number of nitrogens with one attached hydrogen (secondary N) is 3. The normalized spacial score (nSPS) is 17.1. The van der Waals surface area contributed by atoms with Gasteiger partial charge >= 0.3 is 5.69 Å². The number of H-pyrrole nitrogens is 3. The van der Waals surface area contributed by atoms with E-state index in [9.17, 15) is 9.59 Å². The van der Waals surface area contributed by atoms with Crippen molar-refractivity contribution in [2.75, 3.05) is 20.2 Å². The average molecular weight is 368 g/mol. The Labute approximate surface area is 154 Å². The maximum Gasteiger partial charge on any atom is 0.340 e. The van der Waals surface area contributed by atoms with Gasteiger partial charge in [-0.25, -0.2) is 9.89 Å². The molecule has 1 saturated heterocycles. The highest BCUT2D eigenvalue weighted by Gasteiger charge is 2.28. The molecule has 0 bridgehead atoms. The van der Waals surface area contributed by atoms with Crippen molar-refractivity contribution in [2.24, 2.45) is 0 Å². The molecule has 2 aromatic heterocycles. The lowest BCUT2D eigenvalue weighted by Gasteiger charge is -2.31. The Morgan fingerprint density at radius 3 is 2.93 bits per heavy atom. The second kappa shape index (κ2) is 7.10. The number of carbonyl (C=O) groups is 1. The number of likely N-dealkylation sites (tertiary alicyclic amines) is 1. The van der Waals surface area contributed by atoms with Gasteiger partial charge in [0.05, 0.1) is 12.8 Å². The van der Waals surface area contributed by atoms with Gasteiger partial charge in [-0.05, 0) is 31.0 Å². The number of ether oxygens (including phenoxy) is 1. The molecule has 140 valence electrons. The minimum absolute atomic E-state index is 0.0161. The van der Waals surface area contributed by atoms with Gasteiger partial charge in [-0.15, -0.1) is 0 Å². The number of hydrogen-bond acceptors (Lipinski definition) is 5. The fourth-order valence-electron chi connectivity index (χ4n) is 3.39. The lowest BCUT2D eigenvalue weighted by molar-refractivity contribution is 0.0698. The first-order chi connectivity index (χ1) is 13.1. The second-order valence-corrected chi connectivity index (χ2v) is 6.55. The monoisotopic (exact) mass is 368 g/mol. The maximum absolute atomic E-state index is 12.9. The predicted octanol–water partition coefficient (Wildman–Crippen LogP) is 1.52. The van der Waals surface area contributed by atoms with Crippen molar-refractivity contribution in [3.63, 3.8) is 0 Å². The molecule has 0 aliphatic carbocycles. The van der Waals surface area contributed by atoms with Gasteiger partial charge in [0.1, 0.15) is 17.3 Å². The lowest BCUT2D eigenvalue weighted by Crippen LogP contribution is -2.39. The molecule has 1 fully saturated rings. The van der Waals surface area contributed by atoms with Crippen molar-refractivity contribution in [3.8, 4) is 17.0 Å². The summed E-state index contributed by atoms with van der Waals surface area (Å²) in [6, 6.07) is 9.27. The molecule has 1 aliphatic heterocycles. The van der Waals surface area contributed by atoms with Gasteiger partial charge in [0.2, 0.25) is 0 Å². The Bertz CT molecular complexity index is 1000. The quantitative estimate of drug-likeness (QED) is 0.645. The van der Waals surface area contributed by atoms with Crippen molar-refractivity contribution in [2.45, 2.75) is 18.8 Å². The van der Waals surface area contributed by atoms with E-state index in [1.54, 1.807) is 18.1 Å². The van der Waals surface area contributed by atoms with Crippen molar-refractivity contribution in [1.29, 1.82) is 0 Å².